The second kappa shape index (κ2) is 6.03. The van der Waals surface area contributed by atoms with Gasteiger partial charge in [0.25, 0.3) is 5.91 Å². The minimum absolute atomic E-state index is 0.236. The van der Waals surface area contributed by atoms with E-state index >= 15 is 0 Å². The van der Waals surface area contributed by atoms with Gasteiger partial charge in [-0.2, -0.15) is 0 Å². The van der Waals surface area contributed by atoms with Crippen molar-refractivity contribution < 1.29 is 9.59 Å². The monoisotopic (exact) mass is 323 g/mol. The highest BCUT2D eigenvalue weighted by atomic mass is 35.5. The fourth-order valence-corrected chi connectivity index (χ4v) is 2.12. The van der Waals surface area contributed by atoms with E-state index < -0.39 is 11.8 Å². The van der Waals surface area contributed by atoms with Crippen LogP contribution in [0.3, 0.4) is 0 Å². The van der Waals surface area contributed by atoms with Crippen LogP contribution >= 0.6 is 23.2 Å². The summed E-state index contributed by atoms with van der Waals surface area (Å²) in [6.07, 6.45) is 0. The van der Waals surface area contributed by atoms with Crippen LogP contribution in [0, 0.1) is 0 Å². The maximum Gasteiger partial charge on any atom is 0.255 e. The van der Waals surface area contributed by atoms with Gasteiger partial charge >= 0.3 is 0 Å². The largest absolute Gasteiger partial charge is 0.399 e. The van der Waals surface area contributed by atoms with Crippen LogP contribution < -0.4 is 16.8 Å². The van der Waals surface area contributed by atoms with E-state index in [4.69, 9.17) is 34.7 Å². The molecule has 2 aromatic carbocycles. The topological polar surface area (TPSA) is 98.2 Å². The molecule has 0 aliphatic rings. The molecule has 0 aliphatic heterocycles. The van der Waals surface area contributed by atoms with Crippen molar-refractivity contribution in [2.75, 3.05) is 11.1 Å². The van der Waals surface area contributed by atoms with E-state index in [1.54, 1.807) is 0 Å². The number of nitrogens with two attached hydrogens (primary N) is 2. The number of nitrogens with one attached hydrogen (secondary N) is 1. The second-order valence-corrected chi connectivity index (χ2v) is 5.13. The lowest BCUT2D eigenvalue weighted by Crippen LogP contribution is -2.15. The zero-order valence-electron chi connectivity index (χ0n) is 10.7. The molecular weight excluding hydrogens is 313 g/mol. The summed E-state index contributed by atoms with van der Waals surface area (Å²) in [6, 6.07) is 8.82. The molecule has 2 aromatic rings. The number of nitrogen functional groups attached to an aromatic ring is 1. The van der Waals surface area contributed by atoms with E-state index in [0.717, 1.165) is 0 Å². The van der Waals surface area contributed by atoms with Crippen LogP contribution in [-0.2, 0) is 0 Å². The van der Waals surface area contributed by atoms with Gasteiger partial charge in [0.15, 0.2) is 0 Å². The van der Waals surface area contributed by atoms with E-state index in [0.29, 0.717) is 10.7 Å². The van der Waals surface area contributed by atoms with Crippen molar-refractivity contribution in [3.63, 3.8) is 0 Å². The summed E-state index contributed by atoms with van der Waals surface area (Å²) >= 11 is 11.8. The molecule has 0 saturated heterocycles. The highest BCUT2D eigenvalue weighted by Gasteiger charge is 2.12. The maximum absolute atomic E-state index is 12.2. The molecule has 0 atom stereocenters. The Kier molecular flexibility index (Phi) is 4.35. The van der Waals surface area contributed by atoms with Gasteiger partial charge in [0.1, 0.15) is 0 Å². The van der Waals surface area contributed by atoms with Crippen LogP contribution in [0.1, 0.15) is 20.7 Å². The first kappa shape index (κ1) is 15.2. The SMILES string of the molecule is NC(=O)c1ccc(Cl)c(NC(=O)c2cc(N)cc(Cl)c2)c1. The van der Waals surface area contributed by atoms with Crippen molar-refractivity contribution in [2.24, 2.45) is 5.73 Å². The number of anilines is 2. The Labute approximate surface area is 130 Å². The number of hydrogen-bond acceptors (Lipinski definition) is 3. The fraction of sp³-hybridized carbons (Fsp3) is 0. The van der Waals surface area contributed by atoms with Gasteiger partial charge in [-0.1, -0.05) is 23.2 Å². The van der Waals surface area contributed by atoms with Gasteiger partial charge in [-0.15, -0.1) is 0 Å². The number of primary amides is 1. The number of halogens is 2. The molecule has 0 saturated carbocycles. The molecule has 0 unspecified atom stereocenters. The van der Waals surface area contributed by atoms with E-state index in [-0.39, 0.29) is 21.8 Å². The summed E-state index contributed by atoms with van der Waals surface area (Å²) in [6.45, 7) is 0. The highest BCUT2D eigenvalue weighted by Crippen LogP contribution is 2.24. The van der Waals surface area contributed by atoms with Gasteiger partial charge in [0.05, 0.1) is 10.7 Å². The summed E-state index contributed by atoms with van der Waals surface area (Å²) in [7, 11) is 0. The molecule has 0 aliphatic carbocycles. The summed E-state index contributed by atoms with van der Waals surface area (Å²) in [5.41, 5.74) is 12.0. The van der Waals surface area contributed by atoms with Gasteiger partial charge in [0, 0.05) is 21.8 Å². The predicted molar refractivity (Wildman–Crippen MR) is 83.8 cm³/mol. The molecule has 21 heavy (non-hydrogen) atoms. The van der Waals surface area contributed by atoms with Crippen molar-refractivity contribution in [1.82, 2.24) is 0 Å². The Morgan fingerprint density at radius 3 is 2.33 bits per heavy atom. The molecular formula is C14H11Cl2N3O2. The second-order valence-electron chi connectivity index (χ2n) is 4.29. The van der Waals surface area contributed by atoms with Crippen molar-refractivity contribution >= 4 is 46.4 Å². The number of carbonyl (C=O) groups is 2. The molecule has 0 heterocycles. The predicted octanol–water partition coefficient (Wildman–Crippen LogP) is 2.93. The molecule has 5 nitrogen and oxygen atoms in total. The Bertz CT molecular complexity index is 712. The van der Waals surface area contributed by atoms with Gasteiger partial charge in [-0.3, -0.25) is 9.59 Å². The van der Waals surface area contributed by atoms with Crippen molar-refractivity contribution in [3.8, 4) is 0 Å². The van der Waals surface area contributed by atoms with Crippen LogP contribution in [0.25, 0.3) is 0 Å². The number of amides is 2. The zero-order valence-corrected chi connectivity index (χ0v) is 12.2. The van der Waals surface area contributed by atoms with Gasteiger partial charge in [-0.25, -0.2) is 0 Å². The third-order valence-electron chi connectivity index (χ3n) is 2.68. The van der Waals surface area contributed by atoms with Crippen LogP contribution in [-0.4, -0.2) is 11.8 Å². The Morgan fingerprint density at radius 1 is 1.00 bits per heavy atom. The standard InChI is InChI=1S/C14H11Cl2N3O2/c15-9-3-8(4-10(17)6-9)14(21)19-12-5-7(13(18)20)1-2-11(12)16/h1-6H,17H2,(H2,18,20)(H,19,21). The quantitative estimate of drug-likeness (QED) is 0.757. The molecule has 0 radical (unpaired) electrons. The first-order valence-electron chi connectivity index (χ1n) is 5.83. The summed E-state index contributed by atoms with van der Waals surface area (Å²) in [5.74, 6) is -1.07. The molecule has 5 N–H and O–H groups in total. The first-order valence-corrected chi connectivity index (χ1v) is 6.59. The summed E-state index contributed by atoms with van der Waals surface area (Å²) in [4.78, 5) is 23.3. The highest BCUT2D eigenvalue weighted by molar-refractivity contribution is 6.34. The van der Waals surface area contributed by atoms with E-state index in [1.165, 1.54) is 36.4 Å². The average molecular weight is 324 g/mol. The number of carbonyl (C=O) groups excluding carboxylic acids is 2. The van der Waals surface area contributed by atoms with Crippen molar-refractivity contribution in [2.45, 2.75) is 0 Å². The van der Waals surface area contributed by atoms with Crippen LogP contribution in [0.15, 0.2) is 36.4 Å². The Hall–Kier alpha value is -2.24. The number of benzene rings is 2. The molecule has 2 rings (SSSR count). The van der Waals surface area contributed by atoms with Crippen molar-refractivity contribution in [3.05, 3.63) is 57.6 Å². The molecule has 7 heteroatoms. The number of rotatable bonds is 3. The third kappa shape index (κ3) is 3.65. The fourth-order valence-electron chi connectivity index (χ4n) is 1.71. The minimum Gasteiger partial charge on any atom is -0.399 e. The lowest BCUT2D eigenvalue weighted by molar-refractivity contribution is 0.0996. The molecule has 0 fully saturated rings. The summed E-state index contributed by atoms with van der Waals surface area (Å²) in [5, 5.41) is 3.21. The average Bonchev–Trinajstić information content (AvgIpc) is 2.39. The van der Waals surface area contributed by atoms with Crippen LogP contribution in [0.2, 0.25) is 10.0 Å². The van der Waals surface area contributed by atoms with Crippen LogP contribution in [0.4, 0.5) is 11.4 Å². The minimum atomic E-state index is -0.617. The maximum atomic E-state index is 12.2. The Balaban J connectivity index is 2.31. The lowest BCUT2D eigenvalue weighted by Gasteiger charge is -2.09. The van der Waals surface area contributed by atoms with Crippen LogP contribution in [0.5, 0.6) is 0 Å². The normalized spacial score (nSPS) is 10.2. The molecule has 0 spiro atoms. The molecule has 0 bridgehead atoms. The van der Waals surface area contributed by atoms with Gasteiger partial charge < -0.3 is 16.8 Å². The lowest BCUT2D eigenvalue weighted by atomic mass is 10.1. The zero-order chi connectivity index (χ0) is 15.6. The number of hydrogen-bond donors (Lipinski definition) is 3. The Morgan fingerprint density at radius 2 is 1.71 bits per heavy atom. The summed E-state index contributed by atoms with van der Waals surface area (Å²) < 4.78 is 0. The first-order chi connectivity index (χ1) is 9.86. The molecule has 2 amide bonds. The van der Waals surface area contributed by atoms with Gasteiger partial charge in [0.2, 0.25) is 5.91 Å². The van der Waals surface area contributed by atoms with Gasteiger partial charge in [-0.05, 0) is 36.4 Å². The van der Waals surface area contributed by atoms with E-state index in [9.17, 15) is 9.59 Å². The van der Waals surface area contributed by atoms with E-state index in [1.807, 2.05) is 0 Å². The smallest absolute Gasteiger partial charge is 0.255 e. The molecule has 108 valence electrons. The third-order valence-corrected chi connectivity index (χ3v) is 3.23. The van der Waals surface area contributed by atoms with Crippen molar-refractivity contribution in [1.29, 1.82) is 0 Å². The van der Waals surface area contributed by atoms with E-state index in [2.05, 4.69) is 5.32 Å². The molecule has 0 aromatic heterocycles.